The normalized spacial score (nSPS) is 13.2. The minimum atomic E-state index is -0.373. The molecule has 2 aromatic heterocycles. The largest absolute Gasteiger partial charge is 0.338 e. The van der Waals surface area contributed by atoms with E-state index in [1.165, 1.54) is 11.8 Å². The second-order valence-corrected chi connectivity index (χ2v) is 6.93. The van der Waals surface area contributed by atoms with Crippen molar-refractivity contribution in [1.82, 2.24) is 25.4 Å². The third-order valence-corrected chi connectivity index (χ3v) is 3.64. The topological polar surface area (TPSA) is 98.7 Å². The van der Waals surface area contributed by atoms with E-state index < -0.39 is 0 Å². The molecule has 2 heterocycles. The molecule has 0 spiro atoms. The van der Waals surface area contributed by atoms with Crippen molar-refractivity contribution in [3.05, 3.63) is 11.8 Å². The highest BCUT2D eigenvalue weighted by Crippen LogP contribution is 2.25. The van der Waals surface area contributed by atoms with Crippen LogP contribution in [0.3, 0.4) is 0 Å². The lowest BCUT2D eigenvalue weighted by Gasteiger charge is -2.20. The highest BCUT2D eigenvalue weighted by atomic mass is 32.2. The van der Waals surface area contributed by atoms with Gasteiger partial charge in [0.25, 0.3) is 0 Å². The monoisotopic (exact) mass is 310 g/mol. The smallest absolute Gasteiger partial charge is 0.240 e. The Kier molecular flexibility index (Phi) is 4.31. The van der Waals surface area contributed by atoms with Gasteiger partial charge in [-0.25, -0.2) is 4.68 Å². The lowest BCUT2D eigenvalue weighted by molar-refractivity contribution is -0.115. The van der Waals surface area contributed by atoms with E-state index in [1.54, 1.807) is 24.6 Å². The van der Waals surface area contributed by atoms with Crippen LogP contribution < -0.4 is 5.32 Å². The van der Waals surface area contributed by atoms with E-state index in [2.05, 4.69) is 26.0 Å². The van der Waals surface area contributed by atoms with Crippen molar-refractivity contribution in [2.45, 2.75) is 50.6 Å². The van der Waals surface area contributed by atoms with Crippen LogP contribution >= 0.6 is 11.8 Å². The zero-order valence-corrected chi connectivity index (χ0v) is 13.4. The van der Waals surface area contributed by atoms with Crippen molar-refractivity contribution in [3.63, 3.8) is 0 Å². The van der Waals surface area contributed by atoms with Gasteiger partial charge in [-0.05, 0) is 45.0 Å². The maximum atomic E-state index is 12.1. The van der Waals surface area contributed by atoms with Crippen LogP contribution in [0.15, 0.2) is 15.7 Å². The summed E-state index contributed by atoms with van der Waals surface area (Å²) in [5.74, 6) is 0.139. The van der Waals surface area contributed by atoms with Gasteiger partial charge in [0.15, 0.2) is 0 Å². The minimum Gasteiger partial charge on any atom is -0.338 e. The SMILES string of the molecule is Cc1cc(NC(=O)C(C)Sc2nnnn2C(C)(C)C)on1. The van der Waals surface area contributed by atoms with Crippen molar-refractivity contribution in [3.8, 4) is 0 Å². The summed E-state index contributed by atoms with van der Waals surface area (Å²) in [7, 11) is 0. The number of nitrogens with zero attached hydrogens (tertiary/aromatic N) is 5. The number of tetrazole rings is 1. The molecule has 0 aliphatic rings. The lowest BCUT2D eigenvalue weighted by atomic mass is 10.1. The summed E-state index contributed by atoms with van der Waals surface area (Å²) in [5.41, 5.74) is 0.464. The van der Waals surface area contributed by atoms with Gasteiger partial charge in [-0.2, -0.15) is 0 Å². The summed E-state index contributed by atoms with van der Waals surface area (Å²) >= 11 is 1.29. The molecule has 2 rings (SSSR count). The standard InChI is InChI=1S/C12H18N6O2S/c1-7-6-9(20-15-7)13-10(19)8(2)21-11-14-16-17-18(11)12(3,4)5/h6,8H,1-5H3,(H,13,19). The molecule has 2 aromatic rings. The maximum Gasteiger partial charge on any atom is 0.240 e. The Morgan fingerprint density at radius 1 is 1.48 bits per heavy atom. The second-order valence-electron chi connectivity index (χ2n) is 5.63. The van der Waals surface area contributed by atoms with E-state index in [1.807, 2.05) is 20.8 Å². The van der Waals surface area contributed by atoms with Crippen LogP contribution in [0.1, 0.15) is 33.4 Å². The Hall–Kier alpha value is -1.90. The van der Waals surface area contributed by atoms with Crippen LogP contribution in [-0.2, 0) is 10.3 Å². The highest BCUT2D eigenvalue weighted by Gasteiger charge is 2.24. The van der Waals surface area contributed by atoms with E-state index in [9.17, 15) is 4.79 Å². The summed E-state index contributed by atoms with van der Waals surface area (Å²) in [6.07, 6.45) is 0. The number of thioether (sulfide) groups is 1. The van der Waals surface area contributed by atoms with Crippen LogP contribution in [0.2, 0.25) is 0 Å². The fourth-order valence-electron chi connectivity index (χ4n) is 1.53. The first-order valence-corrected chi connectivity index (χ1v) is 7.35. The number of amides is 1. The molecule has 0 saturated heterocycles. The van der Waals surface area contributed by atoms with E-state index >= 15 is 0 Å². The van der Waals surface area contributed by atoms with Gasteiger partial charge in [0.1, 0.15) is 0 Å². The molecule has 114 valence electrons. The number of carbonyl (C=O) groups is 1. The van der Waals surface area contributed by atoms with E-state index in [0.29, 0.717) is 16.7 Å². The van der Waals surface area contributed by atoms with Crippen LogP contribution in [0.4, 0.5) is 5.88 Å². The Bertz CT molecular complexity index is 630. The van der Waals surface area contributed by atoms with Gasteiger partial charge in [-0.3, -0.25) is 10.1 Å². The van der Waals surface area contributed by atoms with Gasteiger partial charge < -0.3 is 4.52 Å². The molecule has 0 aliphatic heterocycles. The number of hydrogen-bond donors (Lipinski definition) is 1. The van der Waals surface area contributed by atoms with Gasteiger partial charge in [0, 0.05) is 6.07 Å². The predicted molar refractivity (Wildman–Crippen MR) is 78.0 cm³/mol. The van der Waals surface area contributed by atoms with Crippen molar-refractivity contribution in [2.24, 2.45) is 0 Å². The average molecular weight is 310 g/mol. The Labute approximate surface area is 126 Å². The Balaban J connectivity index is 2.03. The molecular formula is C12H18N6O2S. The summed E-state index contributed by atoms with van der Waals surface area (Å²) < 4.78 is 6.66. The van der Waals surface area contributed by atoms with Gasteiger partial charge >= 0.3 is 0 Å². The molecule has 1 unspecified atom stereocenters. The molecule has 0 aliphatic carbocycles. The molecule has 0 aromatic carbocycles. The van der Waals surface area contributed by atoms with Gasteiger partial charge in [-0.15, -0.1) is 5.10 Å². The molecule has 9 heteroatoms. The molecule has 0 fully saturated rings. The molecule has 8 nitrogen and oxygen atoms in total. The third kappa shape index (κ3) is 3.81. The molecule has 0 bridgehead atoms. The van der Waals surface area contributed by atoms with Crippen LogP contribution in [0.25, 0.3) is 0 Å². The van der Waals surface area contributed by atoms with E-state index in [4.69, 9.17) is 4.52 Å². The van der Waals surface area contributed by atoms with Crippen molar-refractivity contribution >= 4 is 23.6 Å². The molecular weight excluding hydrogens is 292 g/mol. The Morgan fingerprint density at radius 2 is 2.19 bits per heavy atom. The number of nitrogens with one attached hydrogen (secondary N) is 1. The number of aryl methyl sites for hydroxylation is 1. The molecule has 1 amide bonds. The maximum absolute atomic E-state index is 12.1. The first kappa shape index (κ1) is 15.5. The van der Waals surface area contributed by atoms with Crippen LogP contribution in [0, 0.1) is 6.92 Å². The second kappa shape index (κ2) is 5.84. The number of aromatic nitrogens is 5. The zero-order chi connectivity index (χ0) is 15.6. The average Bonchev–Trinajstić information content (AvgIpc) is 2.97. The van der Waals surface area contributed by atoms with E-state index in [0.717, 1.165) is 0 Å². The number of carbonyl (C=O) groups excluding carboxylic acids is 1. The number of hydrogen-bond acceptors (Lipinski definition) is 7. The third-order valence-electron chi connectivity index (χ3n) is 2.60. The zero-order valence-electron chi connectivity index (χ0n) is 12.6. The minimum absolute atomic E-state index is 0.195. The van der Waals surface area contributed by atoms with Gasteiger partial charge in [-0.1, -0.05) is 16.9 Å². The quantitative estimate of drug-likeness (QED) is 0.860. The van der Waals surface area contributed by atoms with Crippen LogP contribution in [0.5, 0.6) is 0 Å². The van der Waals surface area contributed by atoms with Gasteiger partial charge in [0.2, 0.25) is 16.9 Å². The fraction of sp³-hybridized carbons (Fsp3) is 0.583. The molecule has 1 atom stereocenters. The fourth-order valence-corrected chi connectivity index (χ4v) is 2.51. The first-order valence-electron chi connectivity index (χ1n) is 6.47. The van der Waals surface area contributed by atoms with Crippen molar-refractivity contribution < 1.29 is 9.32 Å². The summed E-state index contributed by atoms with van der Waals surface area (Å²) in [5, 5.41) is 18.2. The molecule has 0 saturated carbocycles. The molecule has 1 N–H and O–H groups in total. The summed E-state index contributed by atoms with van der Waals surface area (Å²) in [6, 6.07) is 1.66. The molecule has 21 heavy (non-hydrogen) atoms. The Morgan fingerprint density at radius 3 is 2.76 bits per heavy atom. The summed E-state index contributed by atoms with van der Waals surface area (Å²) in [6.45, 7) is 9.56. The number of rotatable bonds is 4. The van der Waals surface area contributed by atoms with Gasteiger partial charge in [0.05, 0.1) is 16.5 Å². The highest BCUT2D eigenvalue weighted by molar-refractivity contribution is 8.00. The predicted octanol–water partition coefficient (Wildman–Crippen LogP) is 1.84. The van der Waals surface area contributed by atoms with E-state index in [-0.39, 0.29) is 16.7 Å². The van der Waals surface area contributed by atoms with Crippen LogP contribution in [-0.4, -0.2) is 36.5 Å². The number of anilines is 1. The van der Waals surface area contributed by atoms with Crippen molar-refractivity contribution in [1.29, 1.82) is 0 Å². The lowest BCUT2D eigenvalue weighted by Crippen LogP contribution is -2.26. The van der Waals surface area contributed by atoms with Crippen molar-refractivity contribution in [2.75, 3.05) is 5.32 Å². The summed E-state index contributed by atoms with van der Waals surface area (Å²) in [4.78, 5) is 12.1. The first-order chi connectivity index (χ1) is 9.77. The molecule has 0 radical (unpaired) electrons.